The van der Waals surface area contributed by atoms with Crippen molar-refractivity contribution in [3.05, 3.63) is 60.3 Å². The van der Waals surface area contributed by atoms with Gasteiger partial charge in [0.05, 0.1) is 16.8 Å². The average molecular weight is 468 g/mol. The molecular formula is C24H25N3O5S. The highest BCUT2D eigenvalue weighted by atomic mass is 32.2. The van der Waals surface area contributed by atoms with Crippen molar-refractivity contribution in [1.82, 2.24) is 5.16 Å². The van der Waals surface area contributed by atoms with Crippen molar-refractivity contribution in [2.75, 3.05) is 16.0 Å². The second-order valence-electron chi connectivity index (χ2n) is 8.03. The highest BCUT2D eigenvalue weighted by molar-refractivity contribution is 7.91. The zero-order chi connectivity index (χ0) is 23.6. The van der Waals surface area contributed by atoms with Gasteiger partial charge in [0.1, 0.15) is 0 Å². The molecule has 2 aromatic carbocycles. The monoisotopic (exact) mass is 467 g/mol. The van der Waals surface area contributed by atoms with Gasteiger partial charge in [-0.05, 0) is 61.4 Å². The topological polar surface area (TPSA) is 110 Å². The van der Waals surface area contributed by atoms with Gasteiger partial charge in [-0.15, -0.1) is 0 Å². The van der Waals surface area contributed by atoms with Gasteiger partial charge in [0.15, 0.2) is 15.6 Å². The molecule has 1 aliphatic rings. The second kappa shape index (κ2) is 9.19. The maximum atomic E-state index is 12.8. The van der Waals surface area contributed by atoms with Crippen LogP contribution in [0, 0.1) is 0 Å². The third-order valence-electron chi connectivity index (χ3n) is 5.69. The highest BCUT2D eigenvalue weighted by Gasteiger charge is 2.31. The molecule has 0 aliphatic carbocycles. The molecule has 0 radical (unpaired) electrons. The highest BCUT2D eigenvalue weighted by Crippen LogP contribution is 2.34. The number of carbonyl (C=O) groups excluding carboxylic acids is 2. The summed E-state index contributed by atoms with van der Waals surface area (Å²) in [6.07, 6.45) is 2.38. The zero-order valence-corrected chi connectivity index (χ0v) is 19.3. The van der Waals surface area contributed by atoms with Crippen LogP contribution in [0.4, 0.5) is 11.4 Å². The summed E-state index contributed by atoms with van der Waals surface area (Å²) < 4.78 is 30.8. The summed E-state index contributed by atoms with van der Waals surface area (Å²) in [4.78, 5) is 26.5. The van der Waals surface area contributed by atoms with Crippen molar-refractivity contribution in [2.45, 2.75) is 44.0 Å². The minimum atomic E-state index is -3.65. The molecule has 0 bridgehead atoms. The Balaban J connectivity index is 1.39. The quantitative estimate of drug-likeness (QED) is 0.566. The number of rotatable bonds is 7. The third-order valence-corrected chi connectivity index (χ3v) is 7.40. The van der Waals surface area contributed by atoms with Crippen molar-refractivity contribution in [3.8, 4) is 11.3 Å². The number of nitrogens with zero attached hydrogens (tertiary/aromatic N) is 2. The lowest BCUT2D eigenvalue weighted by molar-refractivity contribution is -0.118. The molecule has 2 heterocycles. The molecule has 1 N–H and O–H groups in total. The standard InChI is InChI=1S/C24H25N3O5S/c1-3-24(29)27-16(2)14-18-15-20(8-9-21(18)27)33(30,31)13-11-23(28)26-19-6-4-17(5-7-19)22-10-12-25-32-22/h4-10,12,15-16H,3,11,13-14H2,1-2H3,(H,26,28)/t16-/m0/s1. The first kappa shape index (κ1) is 22.7. The second-order valence-corrected chi connectivity index (χ2v) is 10.1. The largest absolute Gasteiger partial charge is 0.356 e. The van der Waals surface area contributed by atoms with E-state index in [1.165, 1.54) is 6.07 Å². The average Bonchev–Trinajstić information content (AvgIpc) is 3.45. The van der Waals surface area contributed by atoms with Crippen molar-refractivity contribution >= 4 is 33.0 Å². The number of nitrogens with one attached hydrogen (secondary N) is 1. The number of carbonyl (C=O) groups is 2. The van der Waals surface area contributed by atoms with Crippen LogP contribution in [0.5, 0.6) is 0 Å². The Morgan fingerprint density at radius 3 is 2.58 bits per heavy atom. The van der Waals surface area contributed by atoms with E-state index in [9.17, 15) is 18.0 Å². The zero-order valence-electron chi connectivity index (χ0n) is 18.4. The number of fused-ring (bicyclic) bond motifs is 1. The molecule has 0 unspecified atom stereocenters. The molecule has 3 aromatic rings. The van der Waals surface area contributed by atoms with E-state index in [2.05, 4.69) is 10.5 Å². The van der Waals surface area contributed by atoms with E-state index in [0.717, 1.165) is 16.8 Å². The van der Waals surface area contributed by atoms with Gasteiger partial charge >= 0.3 is 0 Å². The van der Waals surface area contributed by atoms with Crippen LogP contribution in [0.15, 0.2) is 64.1 Å². The fourth-order valence-electron chi connectivity index (χ4n) is 4.00. The molecule has 2 amide bonds. The molecule has 172 valence electrons. The number of anilines is 2. The van der Waals surface area contributed by atoms with Gasteiger partial charge in [-0.1, -0.05) is 12.1 Å². The van der Waals surface area contributed by atoms with E-state index in [1.807, 2.05) is 13.8 Å². The lowest BCUT2D eigenvalue weighted by Crippen LogP contribution is -2.35. The van der Waals surface area contributed by atoms with Gasteiger partial charge < -0.3 is 14.7 Å². The number of hydrogen-bond donors (Lipinski definition) is 1. The van der Waals surface area contributed by atoms with Crippen LogP contribution in [0.3, 0.4) is 0 Å². The summed E-state index contributed by atoms with van der Waals surface area (Å²) in [5.41, 5.74) is 2.98. The van der Waals surface area contributed by atoms with Gasteiger partial charge in [-0.2, -0.15) is 0 Å². The fraction of sp³-hybridized carbons (Fsp3) is 0.292. The molecule has 0 fully saturated rings. The van der Waals surface area contributed by atoms with Crippen LogP contribution < -0.4 is 10.2 Å². The summed E-state index contributed by atoms with van der Waals surface area (Å²) in [7, 11) is -3.65. The summed E-state index contributed by atoms with van der Waals surface area (Å²) in [5, 5.41) is 6.38. The number of amides is 2. The van der Waals surface area contributed by atoms with E-state index in [0.29, 0.717) is 24.3 Å². The van der Waals surface area contributed by atoms with Crippen LogP contribution >= 0.6 is 0 Å². The van der Waals surface area contributed by atoms with Crippen LogP contribution in [0.25, 0.3) is 11.3 Å². The molecule has 1 atom stereocenters. The molecule has 1 aliphatic heterocycles. The first-order valence-electron chi connectivity index (χ1n) is 10.8. The van der Waals surface area contributed by atoms with Gasteiger partial charge in [0, 0.05) is 41.9 Å². The Morgan fingerprint density at radius 2 is 1.91 bits per heavy atom. The Kier molecular flexibility index (Phi) is 6.33. The van der Waals surface area contributed by atoms with Crippen LogP contribution in [0.2, 0.25) is 0 Å². The van der Waals surface area contributed by atoms with Crippen LogP contribution in [0.1, 0.15) is 32.3 Å². The lowest BCUT2D eigenvalue weighted by atomic mass is 10.1. The van der Waals surface area contributed by atoms with Crippen molar-refractivity contribution < 1.29 is 22.5 Å². The van der Waals surface area contributed by atoms with Gasteiger partial charge in [-0.3, -0.25) is 9.59 Å². The van der Waals surface area contributed by atoms with E-state index < -0.39 is 9.84 Å². The van der Waals surface area contributed by atoms with Crippen molar-refractivity contribution in [2.24, 2.45) is 0 Å². The van der Waals surface area contributed by atoms with E-state index in [-0.39, 0.29) is 34.9 Å². The maximum absolute atomic E-state index is 12.8. The molecule has 0 spiro atoms. The van der Waals surface area contributed by atoms with Gasteiger partial charge in [0.2, 0.25) is 11.8 Å². The molecular weight excluding hydrogens is 442 g/mol. The molecule has 1 aromatic heterocycles. The van der Waals surface area contributed by atoms with E-state index in [1.54, 1.807) is 53.6 Å². The minimum absolute atomic E-state index is 0.00776. The molecule has 9 heteroatoms. The predicted octanol–water partition coefficient (Wildman–Crippen LogP) is 3.83. The summed E-state index contributed by atoms with van der Waals surface area (Å²) >= 11 is 0. The van der Waals surface area contributed by atoms with Gasteiger partial charge in [-0.25, -0.2) is 8.42 Å². The Labute approximate surface area is 192 Å². The van der Waals surface area contributed by atoms with Crippen molar-refractivity contribution in [1.29, 1.82) is 0 Å². The molecule has 0 saturated carbocycles. The van der Waals surface area contributed by atoms with E-state index >= 15 is 0 Å². The normalized spacial score (nSPS) is 15.3. The lowest BCUT2D eigenvalue weighted by Gasteiger charge is -2.22. The summed E-state index contributed by atoms with van der Waals surface area (Å²) in [6, 6.07) is 13.6. The fourth-order valence-corrected chi connectivity index (χ4v) is 5.29. The minimum Gasteiger partial charge on any atom is -0.356 e. The molecule has 0 saturated heterocycles. The van der Waals surface area contributed by atoms with Crippen molar-refractivity contribution in [3.63, 3.8) is 0 Å². The third kappa shape index (κ3) is 4.83. The molecule has 33 heavy (non-hydrogen) atoms. The molecule has 8 nitrogen and oxygen atoms in total. The first-order chi connectivity index (χ1) is 15.8. The number of aromatic nitrogens is 1. The predicted molar refractivity (Wildman–Crippen MR) is 125 cm³/mol. The van der Waals surface area contributed by atoms with E-state index in [4.69, 9.17) is 4.52 Å². The molecule has 4 rings (SSSR count). The number of benzene rings is 2. The summed E-state index contributed by atoms with van der Waals surface area (Å²) in [5.74, 6) is -0.0613. The Morgan fingerprint density at radius 1 is 1.15 bits per heavy atom. The maximum Gasteiger partial charge on any atom is 0.226 e. The van der Waals surface area contributed by atoms with Crippen LogP contribution in [-0.4, -0.2) is 37.2 Å². The smallest absolute Gasteiger partial charge is 0.226 e. The van der Waals surface area contributed by atoms with Gasteiger partial charge in [0.25, 0.3) is 0 Å². The Bertz CT molecular complexity index is 1270. The summed E-state index contributed by atoms with van der Waals surface area (Å²) in [6.45, 7) is 3.76. The Hall–Kier alpha value is -3.46. The first-order valence-corrected chi connectivity index (χ1v) is 12.4. The van der Waals surface area contributed by atoms with Crippen LogP contribution in [-0.2, 0) is 25.8 Å². The number of hydrogen-bond acceptors (Lipinski definition) is 6. The number of sulfone groups is 1. The SMILES string of the molecule is CCC(=O)N1c2ccc(S(=O)(=O)CCC(=O)Nc3ccc(-c4ccno4)cc3)cc2C[C@@H]1C.